The van der Waals surface area contributed by atoms with E-state index in [0.717, 1.165) is 16.3 Å². The monoisotopic (exact) mass is 274 g/mol. The molecule has 0 radical (unpaired) electrons. The first-order valence-electron chi connectivity index (χ1n) is 5.35. The van der Waals surface area contributed by atoms with Crippen LogP contribution in [-0.2, 0) is 0 Å². The van der Waals surface area contributed by atoms with Gasteiger partial charge in [-0.15, -0.1) is 16.4 Å². The molecule has 0 amide bonds. The van der Waals surface area contributed by atoms with Crippen LogP contribution in [0.4, 0.5) is 5.00 Å². The van der Waals surface area contributed by atoms with Crippen molar-refractivity contribution in [1.29, 1.82) is 0 Å². The number of anilines is 1. The maximum Gasteiger partial charge on any atom is 0.157 e. The Morgan fingerprint density at radius 2 is 1.94 bits per heavy atom. The molecule has 2 N–H and O–H groups in total. The molecule has 0 aliphatic heterocycles. The topological polar surface area (TPSA) is 64.7 Å². The van der Waals surface area contributed by atoms with Crippen LogP contribution in [0.5, 0.6) is 0 Å². The predicted molar refractivity (Wildman–Crippen MR) is 75.6 cm³/mol. The van der Waals surface area contributed by atoms with Crippen LogP contribution >= 0.6 is 22.9 Å². The molecule has 0 unspecified atom stereocenters. The average Bonchev–Trinajstić information content (AvgIpc) is 2.98. The summed E-state index contributed by atoms with van der Waals surface area (Å²) in [5, 5.41) is 7.44. The van der Waals surface area contributed by atoms with Crippen LogP contribution in [0.1, 0.15) is 5.56 Å². The van der Waals surface area contributed by atoms with Crippen molar-refractivity contribution in [2.75, 3.05) is 5.73 Å². The highest BCUT2D eigenvalue weighted by atomic mass is 32.1. The molecule has 1 aromatic carbocycles. The molecule has 90 valence electrons. The lowest BCUT2D eigenvalue weighted by atomic mass is 10.1. The maximum atomic E-state index is 5.80. The van der Waals surface area contributed by atoms with E-state index in [0.29, 0.717) is 10.7 Å². The average molecular weight is 274 g/mol. The number of benzene rings is 1. The van der Waals surface area contributed by atoms with Gasteiger partial charge in [0.2, 0.25) is 0 Å². The van der Waals surface area contributed by atoms with Gasteiger partial charge in [-0.2, -0.15) is 0 Å². The number of hydrogen-bond donors (Lipinski definition) is 1. The molecule has 0 saturated heterocycles. The molecule has 0 fully saturated rings. The van der Waals surface area contributed by atoms with Crippen LogP contribution in [-0.4, -0.2) is 14.6 Å². The van der Waals surface area contributed by atoms with Crippen LogP contribution < -0.4 is 5.73 Å². The molecule has 3 aromatic rings. The number of hydrogen-bond acceptors (Lipinski definition) is 6. The van der Waals surface area contributed by atoms with Crippen molar-refractivity contribution in [2.24, 2.45) is 0 Å². The van der Waals surface area contributed by atoms with Crippen molar-refractivity contribution in [2.45, 2.75) is 6.92 Å². The first kappa shape index (κ1) is 11.3. The predicted octanol–water partition coefficient (Wildman–Crippen LogP) is 3.22. The van der Waals surface area contributed by atoms with Crippen molar-refractivity contribution in [1.82, 2.24) is 14.6 Å². The Kier molecular flexibility index (Phi) is 2.81. The van der Waals surface area contributed by atoms with E-state index in [1.54, 1.807) is 0 Å². The zero-order valence-electron chi connectivity index (χ0n) is 9.62. The second-order valence-corrected chi connectivity index (χ2v) is 5.53. The van der Waals surface area contributed by atoms with Crippen molar-refractivity contribution < 1.29 is 0 Å². The summed E-state index contributed by atoms with van der Waals surface area (Å²) in [4.78, 5) is 4.56. The number of thiazole rings is 1. The minimum atomic E-state index is 0.611. The Morgan fingerprint density at radius 3 is 2.61 bits per heavy atom. The largest absolute Gasteiger partial charge is 0.387 e. The van der Waals surface area contributed by atoms with Crippen molar-refractivity contribution >= 4 is 27.9 Å². The zero-order chi connectivity index (χ0) is 12.5. The molecule has 0 atom stereocenters. The fourth-order valence-corrected chi connectivity index (χ4v) is 2.91. The molecule has 0 saturated carbocycles. The van der Waals surface area contributed by atoms with Gasteiger partial charge in [-0.05, 0) is 6.92 Å². The van der Waals surface area contributed by atoms with E-state index in [9.17, 15) is 0 Å². The van der Waals surface area contributed by atoms with E-state index < -0.39 is 0 Å². The number of nitrogens with two attached hydrogens (primary N) is 1. The van der Waals surface area contributed by atoms with E-state index >= 15 is 0 Å². The number of aromatic nitrogens is 3. The summed E-state index contributed by atoms with van der Waals surface area (Å²) in [5.41, 5.74) is 9.77. The molecule has 18 heavy (non-hydrogen) atoms. The quantitative estimate of drug-likeness (QED) is 0.779. The molecule has 6 heteroatoms. The molecule has 2 heterocycles. The van der Waals surface area contributed by atoms with E-state index in [1.165, 1.54) is 28.4 Å². The van der Waals surface area contributed by atoms with Crippen LogP contribution in [0.25, 0.3) is 22.0 Å². The van der Waals surface area contributed by atoms with Crippen LogP contribution in [0.2, 0.25) is 0 Å². The van der Waals surface area contributed by atoms with Gasteiger partial charge in [-0.25, -0.2) is 4.98 Å². The van der Waals surface area contributed by atoms with Gasteiger partial charge in [0.25, 0.3) is 0 Å². The lowest BCUT2D eigenvalue weighted by Crippen LogP contribution is -1.85. The van der Waals surface area contributed by atoms with Gasteiger partial charge < -0.3 is 5.73 Å². The fraction of sp³-hybridized carbons (Fsp3) is 0.0833. The summed E-state index contributed by atoms with van der Waals surface area (Å²) < 4.78 is 3.83. The Bertz CT molecular complexity index is 669. The highest BCUT2D eigenvalue weighted by Crippen LogP contribution is 2.31. The standard InChI is InChI=1S/C12H10N4S2/c1-7-2-4-8(5-3-7)9-6-17-12(14-9)10-11(13)18-16-15-10/h2-6H,13H2,1H3. The van der Waals surface area contributed by atoms with Crippen LogP contribution in [0, 0.1) is 6.92 Å². The third kappa shape index (κ3) is 2.00. The van der Waals surface area contributed by atoms with Crippen molar-refractivity contribution in [3.8, 4) is 22.0 Å². The maximum absolute atomic E-state index is 5.80. The number of aryl methyl sites for hydroxylation is 1. The van der Waals surface area contributed by atoms with Gasteiger partial charge in [0.1, 0.15) is 10.0 Å². The first-order chi connectivity index (χ1) is 8.74. The van der Waals surface area contributed by atoms with E-state index in [-0.39, 0.29) is 0 Å². The third-order valence-corrected chi connectivity index (χ3v) is 3.97. The normalized spacial score (nSPS) is 10.7. The molecule has 0 bridgehead atoms. The molecular weight excluding hydrogens is 264 g/mol. The number of nitrogens with zero attached hydrogens (tertiary/aromatic N) is 3. The number of nitrogen functional groups attached to an aromatic ring is 1. The summed E-state index contributed by atoms with van der Waals surface area (Å²) in [6.07, 6.45) is 0. The molecule has 2 aromatic heterocycles. The highest BCUT2D eigenvalue weighted by Gasteiger charge is 2.12. The lowest BCUT2D eigenvalue weighted by Gasteiger charge is -1.96. The fourth-order valence-electron chi connectivity index (χ4n) is 1.59. The summed E-state index contributed by atoms with van der Waals surface area (Å²) >= 11 is 2.72. The Morgan fingerprint density at radius 1 is 1.17 bits per heavy atom. The van der Waals surface area contributed by atoms with Gasteiger partial charge in [0.05, 0.1) is 5.69 Å². The minimum Gasteiger partial charge on any atom is -0.387 e. The minimum absolute atomic E-state index is 0.611. The molecule has 0 spiro atoms. The van der Waals surface area contributed by atoms with Gasteiger partial charge in [0.15, 0.2) is 5.69 Å². The molecular formula is C12H10N4S2. The Balaban J connectivity index is 1.99. The second-order valence-electron chi connectivity index (χ2n) is 3.89. The van der Waals surface area contributed by atoms with E-state index in [4.69, 9.17) is 5.73 Å². The first-order valence-corrected chi connectivity index (χ1v) is 7.00. The lowest BCUT2D eigenvalue weighted by molar-refractivity contribution is 1.15. The van der Waals surface area contributed by atoms with Gasteiger partial charge in [-0.3, -0.25) is 0 Å². The summed E-state index contributed by atoms with van der Waals surface area (Å²) in [5.74, 6) is 0. The Hall–Kier alpha value is -1.79. The summed E-state index contributed by atoms with van der Waals surface area (Å²) in [6, 6.07) is 8.29. The van der Waals surface area contributed by atoms with E-state index in [2.05, 4.69) is 45.8 Å². The Labute approximate surface area is 112 Å². The van der Waals surface area contributed by atoms with Gasteiger partial charge >= 0.3 is 0 Å². The summed E-state index contributed by atoms with van der Waals surface area (Å²) in [6.45, 7) is 2.07. The molecule has 0 aliphatic rings. The number of rotatable bonds is 2. The van der Waals surface area contributed by atoms with Crippen LogP contribution in [0.15, 0.2) is 29.6 Å². The highest BCUT2D eigenvalue weighted by molar-refractivity contribution is 7.14. The SMILES string of the molecule is Cc1ccc(-c2csc(-c3nnsc3N)n2)cc1. The molecule has 3 rings (SSSR count). The van der Waals surface area contributed by atoms with Crippen LogP contribution in [0.3, 0.4) is 0 Å². The van der Waals surface area contributed by atoms with Gasteiger partial charge in [-0.1, -0.05) is 34.3 Å². The molecule has 0 aliphatic carbocycles. The third-order valence-electron chi connectivity index (χ3n) is 2.57. The summed E-state index contributed by atoms with van der Waals surface area (Å²) in [7, 11) is 0. The molecule has 4 nitrogen and oxygen atoms in total. The van der Waals surface area contributed by atoms with Gasteiger partial charge in [0, 0.05) is 22.5 Å². The van der Waals surface area contributed by atoms with Crippen molar-refractivity contribution in [3.05, 3.63) is 35.2 Å². The zero-order valence-corrected chi connectivity index (χ0v) is 11.3. The van der Waals surface area contributed by atoms with E-state index in [1.807, 2.05) is 5.38 Å². The van der Waals surface area contributed by atoms with Crippen molar-refractivity contribution in [3.63, 3.8) is 0 Å². The second kappa shape index (κ2) is 4.47. The smallest absolute Gasteiger partial charge is 0.157 e.